The molecular weight excluding hydrogens is 499 g/mol. The first-order valence-electron chi connectivity index (χ1n) is 13.8. The summed E-state index contributed by atoms with van der Waals surface area (Å²) in [5.74, 6) is 0. The van der Waals surface area contributed by atoms with E-state index >= 15 is 0 Å². The van der Waals surface area contributed by atoms with Crippen molar-refractivity contribution in [2.45, 2.75) is 6.92 Å². The van der Waals surface area contributed by atoms with Crippen LogP contribution in [-0.2, 0) is 0 Å². The quantitative estimate of drug-likeness (QED) is 0.154. The number of benzene rings is 7. The summed E-state index contributed by atoms with van der Waals surface area (Å²) in [6.07, 6.45) is 0. The highest BCUT2D eigenvalue weighted by Gasteiger charge is 2.17. The van der Waals surface area contributed by atoms with Crippen LogP contribution in [0.5, 0.6) is 0 Å². The molecule has 0 saturated carbocycles. The molecule has 7 aromatic rings. The first-order chi connectivity index (χ1) is 19.8. The van der Waals surface area contributed by atoms with Gasteiger partial charge in [-0.3, -0.25) is 0 Å². The molecule has 0 radical (unpaired) electrons. The van der Waals surface area contributed by atoms with Gasteiger partial charge in [0.05, 0.1) is 0 Å². The molecule has 0 N–H and O–H groups in total. The summed E-state index contributed by atoms with van der Waals surface area (Å²) in [7, 11) is -0.613. The molecule has 0 spiro atoms. The van der Waals surface area contributed by atoms with Crippen LogP contribution in [-0.4, -0.2) is 0 Å². The van der Waals surface area contributed by atoms with Gasteiger partial charge in [-0.2, -0.15) is 0 Å². The van der Waals surface area contributed by atoms with Gasteiger partial charge in [-0.25, -0.2) is 0 Å². The van der Waals surface area contributed by atoms with E-state index in [1.165, 1.54) is 65.3 Å². The average molecular weight is 529 g/mol. The van der Waals surface area contributed by atoms with Crippen LogP contribution in [0.25, 0.3) is 43.8 Å². The molecule has 0 bridgehead atoms. The molecule has 0 atom stereocenters. The third kappa shape index (κ3) is 4.41. The minimum absolute atomic E-state index is 0.613. The van der Waals surface area contributed by atoms with Gasteiger partial charge in [0.2, 0.25) is 0 Å². The van der Waals surface area contributed by atoms with Crippen LogP contribution in [0.2, 0.25) is 0 Å². The van der Waals surface area contributed by atoms with Crippen LogP contribution >= 0.6 is 7.92 Å². The molecule has 0 unspecified atom stereocenters. The van der Waals surface area contributed by atoms with E-state index in [4.69, 9.17) is 0 Å². The Hall–Kier alpha value is -4.51. The van der Waals surface area contributed by atoms with Crippen molar-refractivity contribution in [2.75, 3.05) is 0 Å². The lowest BCUT2D eigenvalue weighted by atomic mass is 9.88. The van der Waals surface area contributed by atoms with Gasteiger partial charge in [-0.15, -0.1) is 0 Å². The van der Waals surface area contributed by atoms with Gasteiger partial charge in [0, 0.05) is 0 Å². The van der Waals surface area contributed by atoms with Crippen LogP contribution in [0.15, 0.2) is 158 Å². The molecule has 0 fully saturated rings. The number of fused-ring (bicyclic) bond motifs is 2. The van der Waals surface area contributed by atoms with Crippen LogP contribution in [0.1, 0.15) is 5.56 Å². The van der Waals surface area contributed by atoms with Crippen LogP contribution < -0.4 is 15.9 Å². The van der Waals surface area contributed by atoms with Crippen molar-refractivity contribution in [3.8, 4) is 22.3 Å². The lowest BCUT2D eigenvalue weighted by molar-refractivity contribution is 1.57. The molecule has 7 rings (SSSR count). The first kappa shape index (κ1) is 24.5. The second-order valence-corrected chi connectivity index (χ2v) is 12.4. The predicted octanol–water partition coefficient (Wildman–Crippen LogP) is 9.39. The highest BCUT2D eigenvalue weighted by Crippen LogP contribution is 2.40. The minimum Gasteiger partial charge on any atom is -0.0622 e. The van der Waals surface area contributed by atoms with Gasteiger partial charge in [0.1, 0.15) is 0 Å². The van der Waals surface area contributed by atoms with Gasteiger partial charge >= 0.3 is 0 Å². The molecule has 1 heteroatoms. The van der Waals surface area contributed by atoms with E-state index in [-0.39, 0.29) is 0 Å². The highest BCUT2D eigenvalue weighted by atomic mass is 31.1. The Balaban J connectivity index is 1.32. The van der Waals surface area contributed by atoms with E-state index in [1.54, 1.807) is 0 Å². The normalized spacial score (nSPS) is 11.3. The summed E-state index contributed by atoms with van der Waals surface area (Å²) in [4.78, 5) is 0. The SMILES string of the molecule is Cc1c2ccccc2c(-c2cccc(-c3ccc(P(c4ccccc4)c4ccccc4)cc3)c2)c2ccccc12. The summed E-state index contributed by atoms with van der Waals surface area (Å²) in [6, 6.07) is 57.7. The third-order valence-corrected chi connectivity index (χ3v) is 10.3. The number of hydrogen-bond acceptors (Lipinski definition) is 0. The molecule has 0 aliphatic carbocycles. The maximum absolute atomic E-state index is 2.36. The summed E-state index contributed by atoms with van der Waals surface area (Å²) >= 11 is 0. The van der Waals surface area contributed by atoms with E-state index in [0.717, 1.165) is 0 Å². The van der Waals surface area contributed by atoms with Crippen molar-refractivity contribution < 1.29 is 0 Å². The smallest absolute Gasteiger partial charge is 0.00264 e. The molecule has 0 saturated heterocycles. The molecule has 0 aromatic heterocycles. The first-order valence-corrected chi connectivity index (χ1v) is 15.1. The third-order valence-electron chi connectivity index (χ3n) is 7.84. The van der Waals surface area contributed by atoms with Crippen molar-refractivity contribution >= 4 is 45.4 Å². The number of aryl methyl sites for hydroxylation is 1. The number of hydrogen-bond donors (Lipinski definition) is 0. The van der Waals surface area contributed by atoms with Crippen LogP contribution in [0, 0.1) is 6.92 Å². The summed E-state index contributed by atoms with van der Waals surface area (Å²) in [5.41, 5.74) is 6.38. The lowest BCUT2D eigenvalue weighted by Crippen LogP contribution is -2.20. The Bertz CT molecular complexity index is 1840. The lowest BCUT2D eigenvalue weighted by Gasteiger charge is -2.20. The van der Waals surface area contributed by atoms with Gasteiger partial charge in [0.15, 0.2) is 0 Å². The number of rotatable bonds is 5. The summed E-state index contributed by atoms with van der Waals surface area (Å²) in [6.45, 7) is 2.24. The minimum atomic E-state index is -0.613. The van der Waals surface area contributed by atoms with Gasteiger partial charge in [-0.05, 0) is 86.2 Å². The van der Waals surface area contributed by atoms with E-state index in [0.29, 0.717) is 0 Å². The Kier molecular flexibility index (Phi) is 6.48. The molecule has 0 heterocycles. The molecule has 7 aromatic carbocycles. The van der Waals surface area contributed by atoms with Crippen LogP contribution in [0.4, 0.5) is 0 Å². The molecule has 190 valence electrons. The van der Waals surface area contributed by atoms with E-state index in [1.807, 2.05) is 0 Å². The average Bonchev–Trinajstić information content (AvgIpc) is 3.03. The Morgan fingerprint density at radius 3 is 1.35 bits per heavy atom. The van der Waals surface area contributed by atoms with Gasteiger partial charge in [0.25, 0.3) is 0 Å². The van der Waals surface area contributed by atoms with E-state index < -0.39 is 7.92 Å². The van der Waals surface area contributed by atoms with Crippen LogP contribution in [0.3, 0.4) is 0 Å². The Morgan fingerprint density at radius 2 is 0.800 bits per heavy atom. The second kappa shape index (κ2) is 10.6. The zero-order chi connectivity index (χ0) is 26.9. The highest BCUT2D eigenvalue weighted by molar-refractivity contribution is 7.79. The molecular formula is C39H29P. The van der Waals surface area contributed by atoms with Crippen molar-refractivity contribution in [3.63, 3.8) is 0 Å². The molecule has 0 aliphatic rings. The molecule has 0 amide bonds. The van der Waals surface area contributed by atoms with Crippen molar-refractivity contribution in [1.29, 1.82) is 0 Å². The van der Waals surface area contributed by atoms with Crippen molar-refractivity contribution in [1.82, 2.24) is 0 Å². The summed E-state index contributed by atoms with van der Waals surface area (Å²) < 4.78 is 0. The van der Waals surface area contributed by atoms with E-state index in [9.17, 15) is 0 Å². The largest absolute Gasteiger partial charge is 0.0622 e. The van der Waals surface area contributed by atoms with E-state index in [2.05, 4.69) is 165 Å². The molecule has 40 heavy (non-hydrogen) atoms. The maximum atomic E-state index is 2.36. The molecule has 0 aliphatic heterocycles. The second-order valence-electron chi connectivity index (χ2n) is 10.2. The monoisotopic (exact) mass is 528 g/mol. The topological polar surface area (TPSA) is 0 Å². The van der Waals surface area contributed by atoms with Gasteiger partial charge < -0.3 is 0 Å². The Labute approximate surface area is 237 Å². The fourth-order valence-electron chi connectivity index (χ4n) is 5.92. The standard InChI is InChI=1S/C39H29P/c1-28-35-19-8-10-21-37(35)39(38-22-11-9-20-36(28)38)31-14-12-13-30(27-31)29-23-25-34(26-24-29)40(32-15-4-2-5-16-32)33-17-6-3-7-18-33/h2-27H,1H3. The van der Waals surface area contributed by atoms with Crippen molar-refractivity contribution in [3.05, 3.63) is 163 Å². The zero-order valence-corrected chi connectivity index (χ0v) is 23.4. The van der Waals surface area contributed by atoms with Gasteiger partial charge in [-0.1, -0.05) is 152 Å². The maximum Gasteiger partial charge on any atom is -0.00264 e. The Morgan fingerprint density at radius 1 is 0.350 bits per heavy atom. The zero-order valence-electron chi connectivity index (χ0n) is 22.5. The van der Waals surface area contributed by atoms with Crippen molar-refractivity contribution in [2.24, 2.45) is 0 Å². The fourth-order valence-corrected chi connectivity index (χ4v) is 8.20. The summed E-state index contributed by atoms with van der Waals surface area (Å²) in [5, 5.41) is 9.36. The molecule has 0 nitrogen and oxygen atoms in total. The predicted molar refractivity (Wildman–Crippen MR) is 176 cm³/mol. The fraction of sp³-hybridized carbons (Fsp3) is 0.0256.